The first-order valence-corrected chi connectivity index (χ1v) is 13.1. The van der Waals surface area contributed by atoms with Gasteiger partial charge in [0.1, 0.15) is 0 Å². The van der Waals surface area contributed by atoms with Crippen molar-refractivity contribution in [1.82, 2.24) is 9.97 Å². The summed E-state index contributed by atoms with van der Waals surface area (Å²) in [6, 6.07) is 29.5. The van der Waals surface area contributed by atoms with E-state index in [0.717, 1.165) is 16.8 Å². The third kappa shape index (κ3) is 5.77. The average molecular weight is 556 g/mol. The molecule has 1 unspecified atom stereocenters. The van der Waals surface area contributed by atoms with Crippen LogP contribution in [0.25, 0.3) is 33.5 Å². The highest BCUT2D eigenvalue weighted by Crippen LogP contribution is 2.32. The highest BCUT2D eigenvalue weighted by Gasteiger charge is 2.24. The summed E-state index contributed by atoms with van der Waals surface area (Å²) in [5.41, 5.74) is 5.04. The molecule has 194 valence electrons. The minimum Gasteiger partial charge on any atom is -0.449 e. The number of ether oxygens (including phenoxy) is 1. The Morgan fingerprint density at radius 3 is 2.03 bits per heavy atom. The van der Waals surface area contributed by atoms with Crippen molar-refractivity contribution in [2.75, 3.05) is 5.32 Å². The van der Waals surface area contributed by atoms with Gasteiger partial charge in [0.05, 0.1) is 43.7 Å². The Kier molecular flexibility index (Phi) is 7.87. The zero-order valence-corrected chi connectivity index (χ0v) is 22.4. The molecule has 0 saturated heterocycles. The predicted octanol–water partition coefficient (Wildman–Crippen LogP) is 7.84. The van der Waals surface area contributed by atoms with E-state index in [-0.39, 0.29) is 17.0 Å². The van der Waals surface area contributed by atoms with Gasteiger partial charge in [-0.3, -0.25) is 4.79 Å². The Balaban J connectivity index is 1.44. The Morgan fingerprint density at radius 2 is 1.41 bits per heavy atom. The van der Waals surface area contributed by atoms with Crippen molar-refractivity contribution in [3.63, 3.8) is 0 Å². The fourth-order valence-corrected chi connectivity index (χ4v) is 4.46. The smallest absolute Gasteiger partial charge is 0.338 e. The summed E-state index contributed by atoms with van der Waals surface area (Å²) < 4.78 is 5.57. The summed E-state index contributed by atoms with van der Waals surface area (Å²) in [6.07, 6.45) is -0.767. The van der Waals surface area contributed by atoms with Crippen molar-refractivity contribution in [2.45, 2.75) is 19.4 Å². The lowest BCUT2D eigenvalue weighted by Crippen LogP contribution is -2.32. The first-order valence-electron chi connectivity index (χ1n) is 12.3. The number of benzene rings is 4. The van der Waals surface area contributed by atoms with E-state index >= 15 is 0 Å². The quantitative estimate of drug-likeness (QED) is 0.207. The second-order valence-corrected chi connectivity index (χ2v) is 9.53. The fourth-order valence-electron chi connectivity index (χ4n) is 4.11. The molecular formula is C31H23Cl2N3O3. The molecule has 1 amide bonds. The van der Waals surface area contributed by atoms with Crippen LogP contribution < -0.4 is 5.32 Å². The van der Waals surface area contributed by atoms with E-state index in [1.807, 2.05) is 60.7 Å². The number of fused-ring (bicyclic) bond motifs is 1. The minimum atomic E-state index is -1.03. The molecule has 1 atom stereocenters. The number of amides is 1. The monoisotopic (exact) mass is 555 g/mol. The first kappa shape index (κ1) is 26.4. The summed E-state index contributed by atoms with van der Waals surface area (Å²) in [7, 11) is 0. The first-order chi connectivity index (χ1) is 18.9. The Hall–Kier alpha value is -4.26. The average Bonchev–Trinajstić information content (AvgIpc) is 2.98. The molecule has 0 aliphatic carbocycles. The van der Waals surface area contributed by atoms with E-state index in [4.69, 9.17) is 37.9 Å². The molecule has 0 aliphatic rings. The molecule has 8 heteroatoms. The maximum Gasteiger partial charge on any atom is 0.338 e. The van der Waals surface area contributed by atoms with Crippen LogP contribution >= 0.6 is 23.2 Å². The maximum atomic E-state index is 13.1. The van der Waals surface area contributed by atoms with E-state index < -0.39 is 18.0 Å². The molecule has 0 aliphatic heterocycles. The van der Waals surface area contributed by atoms with Gasteiger partial charge in [-0.2, -0.15) is 0 Å². The van der Waals surface area contributed by atoms with Crippen LogP contribution in [0.2, 0.25) is 10.0 Å². The van der Waals surface area contributed by atoms with E-state index in [1.165, 1.54) is 0 Å². The van der Waals surface area contributed by atoms with Crippen LogP contribution in [-0.2, 0) is 9.53 Å². The molecule has 6 nitrogen and oxygen atoms in total. The molecule has 0 fully saturated rings. The third-order valence-electron chi connectivity index (χ3n) is 6.12. The van der Waals surface area contributed by atoms with Crippen molar-refractivity contribution >= 4 is 51.8 Å². The van der Waals surface area contributed by atoms with Crippen LogP contribution in [0.1, 0.15) is 23.7 Å². The minimum absolute atomic E-state index is 0.214. The number of carbonyl (C=O) groups is 2. The third-order valence-corrected chi connectivity index (χ3v) is 6.94. The van der Waals surface area contributed by atoms with Crippen LogP contribution in [0.3, 0.4) is 0 Å². The topological polar surface area (TPSA) is 81.2 Å². The van der Waals surface area contributed by atoms with Gasteiger partial charge in [-0.25, -0.2) is 14.8 Å². The number of nitrogens with one attached hydrogen (secondary N) is 1. The SMILES string of the molecule is CCC(OC(=O)c1ccc2nc(-c3ccccc3)c(-c3ccccc3)nc2c1)C(=O)Nc1cccc(Cl)c1Cl. The number of halogens is 2. The molecule has 0 spiro atoms. The number of anilines is 1. The van der Waals surface area contributed by atoms with Gasteiger partial charge < -0.3 is 10.1 Å². The van der Waals surface area contributed by atoms with E-state index in [9.17, 15) is 9.59 Å². The standard InChI is InChI=1S/C31H23Cl2N3O3/c1-2-26(30(37)36-24-15-9-14-22(32)27(24)33)39-31(38)21-16-17-23-25(18-21)35-29(20-12-7-4-8-13-20)28(34-23)19-10-5-3-6-11-19/h3-18,26H,2H2,1H3,(H,36,37). The molecule has 5 aromatic rings. The van der Waals surface area contributed by atoms with Crippen LogP contribution in [0, 0.1) is 0 Å². The van der Waals surface area contributed by atoms with Crippen LogP contribution in [0.5, 0.6) is 0 Å². The number of hydrogen-bond donors (Lipinski definition) is 1. The van der Waals surface area contributed by atoms with Gasteiger partial charge in [0.15, 0.2) is 6.10 Å². The molecule has 39 heavy (non-hydrogen) atoms. The van der Waals surface area contributed by atoms with Crippen molar-refractivity contribution < 1.29 is 14.3 Å². The molecule has 0 saturated carbocycles. The normalized spacial score (nSPS) is 11.7. The summed E-state index contributed by atoms with van der Waals surface area (Å²) in [5.74, 6) is -1.15. The van der Waals surface area contributed by atoms with Crippen LogP contribution in [0.4, 0.5) is 5.69 Å². The highest BCUT2D eigenvalue weighted by molar-refractivity contribution is 6.44. The summed E-state index contributed by atoms with van der Waals surface area (Å²) in [6.45, 7) is 1.75. The lowest BCUT2D eigenvalue weighted by Gasteiger charge is -2.17. The maximum absolute atomic E-state index is 13.1. The number of aromatic nitrogens is 2. The van der Waals surface area contributed by atoms with Gasteiger partial charge in [-0.05, 0) is 36.8 Å². The number of hydrogen-bond acceptors (Lipinski definition) is 5. The molecule has 1 heterocycles. The number of esters is 1. The molecular weight excluding hydrogens is 533 g/mol. The van der Waals surface area contributed by atoms with Crippen LogP contribution in [0.15, 0.2) is 97.1 Å². The summed E-state index contributed by atoms with van der Waals surface area (Å²) >= 11 is 12.2. The van der Waals surface area contributed by atoms with Gasteiger partial charge in [0.2, 0.25) is 0 Å². The fraction of sp³-hybridized carbons (Fsp3) is 0.0968. The summed E-state index contributed by atoms with van der Waals surface area (Å²) in [4.78, 5) is 35.7. The Labute approximate surface area is 235 Å². The summed E-state index contributed by atoms with van der Waals surface area (Å²) in [5, 5.41) is 3.20. The lowest BCUT2D eigenvalue weighted by atomic mass is 10.0. The Morgan fingerprint density at radius 1 is 0.795 bits per heavy atom. The second-order valence-electron chi connectivity index (χ2n) is 8.75. The molecule has 1 N–H and O–H groups in total. The van der Waals surface area contributed by atoms with Gasteiger partial charge in [-0.1, -0.05) is 96.9 Å². The van der Waals surface area contributed by atoms with Gasteiger partial charge in [-0.15, -0.1) is 0 Å². The Bertz CT molecular complexity index is 1660. The van der Waals surface area contributed by atoms with Crippen molar-refractivity contribution in [1.29, 1.82) is 0 Å². The highest BCUT2D eigenvalue weighted by atomic mass is 35.5. The largest absolute Gasteiger partial charge is 0.449 e. The molecule has 5 rings (SSSR count). The molecule has 1 aromatic heterocycles. The van der Waals surface area contributed by atoms with Crippen molar-refractivity contribution in [2.24, 2.45) is 0 Å². The zero-order valence-electron chi connectivity index (χ0n) is 20.9. The molecule has 0 radical (unpaired) electrons. The predicted molar refractivity (Wildman–Crippen MR) is 155 cm³/mol. The number of carbonyl (C=O) groups excluding carboxylic acids is 2. The van der Waals surface area contributed by atoms with Crippen molar-refractivity contribution in [3.8, 4) is 22.5 Å². The second kappa shape index (κ2) is 11.6. The van der Waals surface area contributed by atoms with E-state index in [1.54, 1.807) is 43.3 Å². The lowest BCUT2D eigenvalue weighted by molar-refractivity contribution is -0.124. The molecule has 0 bridgehead atoms. The zero-order chi connectivity index (χ0) is 27.4. The van der Waals surface area contributed by atoms with Gasteiger partial charge in [0, 0.05) is 11.1 Å². The number of nitrogens with zero attached hydrogens (tertiary/aromatic N) is 2. The molecule has 4 aromatic carbocycles. The van der Waals surface area contributed by atoms with E-state index in [0.29, 0.717) is 27.4 Å². The number of rotatable bonds is 7. The van der Waals surface area contributed by atoms with Gasteiger partial charge >= 0.3 is 5.97 Å². The van der Waals surface area contributed by atoms with E-state index in [2.05, 4.69) is 5.32 Å². The van der Waals surface area contributed by atoms with Gasteiger partial charge in [0.25, 0.3) is 5.91 Å². The van der Waals surface area contributed by atoms with Crippen LogP contribution in [-0.4, -0.2) is 27.9 Å². The van der Waals surface area contributed by atoms with Crippen molar-refractivity contribution in [3.05, 3.63) is 113 Å².